The topological polar surface area (TPSA) is 81.2 Å². The summed E-state index contributed by atoms with van der Waals surface area (Å²) in [4.78, 5) is 15.5. The molecule has 0 radical (unpaired) electrons. The second-order valence-electron chi connectivity index (χ2n) is 4.51. The van der Waals surface area contributed by atoms with E-state index in [0.717, 1.165) is 18.6 Å². The van der Waals surface area contributed by atoms with E-state index in [2.05, 4.69) is 10.3 Å². The third-order valence-electron chi connectivity index (χ3n) is 2.88. The van der Waals surface area contributed by atoms with E-state index in [0.29, 0.717) is 17.7 Å². The summed E-state index contributed by atoms with van der Waals surface area (Å²) in [6, 6.07) is 0.458. The maximum Gasteiger partial charge on any atom is 0.255 e. The smallest absolute Gasteiger partial charge is 0.255 e. The summed E-state index contributed by atoms with van der Waals surface area (Å²) in [6.07, 6.45) is 6.09. The lowest BCUT2D eigenvalue weighted by Crippen LogP contribution is -2.54. The van der Waals surface area contributed by atoms with Gasteiger partial charge < -0.3 is 15.5 Å². The van der Waals surface area contributed by atoms with Crippen molar-refractivity contribution in [2.45, 2.75) is 43.0 Å². The molecule has 1 aromatic rings. The molecule has 1 unspecified atom stereocenters. The average Bonchev–Trinajstić information content (AvgIpc) is 2.93. The number of nitrogens with two attached hydrogens (primary N) is 1. The van der Waals surface area contributed by atoms with E-state index in [1.54, 1.807) is 6.20 Å². The second-order valence-corrected chi connectivity index (χ2v) is 5.56. The van der Waals surface area contributed by atoms with Crippen molar-refractivity contribution in [3.63, 3.8) is 0 Å². The van der Waals surface area contributed by atoms with Crippen LogP contribution in [0.4, 0.5) is 0 Å². The molecule has 94 valence electrons. The number of thioether (sulfide) groups is 1. The van der Waals surface area contributed by atoms with Gasteiger partial charge in [-0.1, -0.05) is 11.8 Å². The second kappa shape index (κ2) is 5.10. The van der Waals surface area contributed by atoms with Crippen LogP contribution in [0.1, 0.15) is 26.2 Å². The number of hydrogen-bond acceptors (Lipinski definition) is 5. The summed E-state index contributed by atoms with van der Waals surface area (Å²) in [5.41, 5.74) is 4.83. The van der Waals surface area contributed by atoms with Crippen molar-refractivity contribution < 1.29 is 9.21 Å². The minimum absolute atomic E-state index is 0.294. The highest BCUT2D eigenvalue weighted by Crippen LogP contribution is 2.26. The van der Waals surface area contributed by atoms with Crippen LogP contribution in [0, 0.1) is 0 Å². The molecule has 1 aliphatic carbocycles. The van der Waals surface area contributed by atoms with Crippen LogP contribution in [0.5, 0.6) is 0 Å². The van der Waals surface area contributed by atoms with Gasteiger partial charge in [0.1, 0.15) is 6.26 Å². The number of carbonyl (C=O) groups excluding carboxylic acids is 1. The van der Waals surface area contributed by atoms with Gasteiger partial charge in [-0.05, 0) is 26.2 Å². The number of nitrogens with one attached hydrogen (secondary N) is 1. The van der Waals surface area contributed by atoms with Crippen molar-refractivity contribution >= 4 is 17.7 Å². The Morgan fingerprint density at radius 3 is 3.06 bits per heavy atom. The van der Waals surface area contributed by atoms with Gasteiger partial charge in [-0.3, -0.25) is 4.79 Å². The Labute approximate surface area is 105 Å². The molecule has 17 heavy (non-hydrogen) atoms. The van der Waals surface area contributed by atoms with E-state index < -0.39 is 5.54 Å². The number of carbonyl (C=O) groups is 1. The third kappa shape index (κ3) is 3.47. The Hall–Kier alpha value is -1.01. The molecule has 2 rings (SSSR count). The molecule has 0 spiro atoms. The highest BCUT2D eigenvalue weighted by molar-refractivity contribution is 7.99. The molecule has 1 atom stereocenters. The van der Waals surface area contributed by atoms with Gasteiger partial charge in [-0.2, -0.15) is 0 Å². The monoisotopic (exact) mass is 255 g/mol. The Bertz CT molecular complexity index is 378. The molecule has 3 N–H and O–H groups in total. The summed E-state index contributed by atoms with van der Waals surface area (Å²) in [5.74, 6) is 0.456. The lowest BCUT2D eigenvalue weighted by atomic mass is 9.98. The molecular weight excluding hydrogens is 238 g/mol. The van der Waals surface area contributed by atoms with Gasteiger partial charge in [0.2, 0.25) is 5.91 Å². The molecule has 0 aliphatic heterocycles. The van der Waals surface area contributed by atoms with E-state index in [-0.39, 0.29) is 5.91 Å². The fraction of sp³-hybridized carbons (Fsp3) is 0.636. The minimum atomic E-state index is -0.624. The summed E-state index contributed by atoms with van der Waals surface area (Å²) in [5, 5.41) is 3.94. The first-order valence-corrected chi connectivity index (χ1v) is 6.68. The van der Waals surface area contributed by atoms with E-state index in [9.17, 15) is 4.79 Å². The zero-order chi connectivity index (χ0) is 12.3. The van der Waals surface area contributed by atoms with Crippen molar-refractivity contribution in [3.8, 4) is 0 Å². The molecule has 0 bridgehead atoms. The molecular formula is C11H17N3O2S. The fourth-order valence-electron chi connectivity index (χ4n) is 1.57. The van der Waals surface area contributed by atoms with E-state index in [1.807, 2.05) is 6.92 Å². The number of primary amides is 1. The predicted molar refractivity (Wildman–Crippen MR) is 65.6 cm³/mol. The van der Waals surface area contributed by atoms with Gasteiger partial charge in [0.05, 0.1) is 11.7 Å². The van der Waals surface area contributed by atoms with Crippen molar-refractivity contribution in [1.29, 1.82) is 0 Å². The average molecular weight is 255 g/mol. The number of rotatable bonds is 7. The summed E-state index contributed by atoms with van der Waals surface area (Å²) < 4.78 is 5.12. The predicted octanol–water partition coefficient (Wildman–Crippen LogP) is 1.15. The van der Waals surface area contributed by atoms with Crippen LogP contribution in [0.25, 0.3) is 0 Å². The van der Waals surface area contributed by atoms with Crippen molar-refractivity contribution in [3.05, 3.63) is 12.5 Å². The summed E-state index contributed by atoms with van der Waals surface area (Å²) in [7, 11) is 0. The molecule has 1 saturated carbocycles. The first kappa shape index (κ1) is 12.4. The van der Waals surface area contributed by atoms with Crippen LogP contribution in [0.2, 0.25) is 0 Å². The van der Waals surface area contributed by atoms with Crippen LogP contribution in [0.3, 0.4) is 0 Å². The number of hydrogen-bond donors (Lipinski definition) is 2. The van der Waals surface area contributed by atoms with Crippen LogP contribution in [-0.2, 0) is 4.79 Å². The summed E-state index contributed by atoms with van der Waals surface area (Å²) in [6.45, 7) is 1.86. The Balaban J connectivity index is 1.82. The van der Waals surface area contributed by atoms with E-state index in [1.165, 1.54) is 18.0 Å². The van der Waals surface area contributed by atoms with Crippen LogP contribution < -0.4 is 11.1 Å². The molecule has 1 aliphatic rings. The molecule has 1 fully saturated rings. The third-order valence-corrected chi connectivity index (χ3v) is 3.74. The molecule has 1 heterocycles. The standard InChI is InChI=1S/C11H17N3O2S/c1-11(9(12)15,14-8-2-3-8)4-7-17-10-13-5-6-16-10/h5-6,8,14H,2-4,7H2,1H3,(H2,12,15). The highest BCUT2D eigenvalue weighted by Gasteiger charge is 2.36. The van der Waals surface area contributed by atoms with Gasteiger partial charge in [0.25, 0.3) is 5.22 Å². The number of amides is 1. The Morgan fingerprint density at radius 2 is 2.53 bits per heavy atom. The molecule has 1 amide bonds. The Kier molecular flexibility index (Phi) is 3.73. The van der Waals surface area contributed by atoms with Gasteiger partial charge in [-0.15, -0.1) is 0 Å². The van der Waals surface area contributed by atoms with Gasteiger partial charge in [0.15, 0.2) is 0 Å². The van der Waals surface area contributed by atoms with Crippen LogP contribution in [0.15, 0.2) is 22.1 Å². The normalized spacial score (nSPS) is 18.9. The summed E-state index contributed by atoms with van der Waals surface area (Å²) >= 11 is 1.49. The van der Waals surface area contributed by atoms with Crippen molar-refractivity contribution in [2.75, 3.05) is 5.75 Å². The lowest BCUT2D eigenvalue weighted by Gasteiger charge is -2.27. The largest absolute Gasteiger partial charge is 0.440 e. The first-order valence-electron chi connectivity index (χ1n) is 5.70. The van der Waals surface area contributed by atoms with Crippen LogP contribution >= 0.6 is 11.8 Å². The zero-order valence-electron chi connectivity index (χ0n) is 9.81. The van der Waals surface area contributed by atoms with Gasteiger partial charge in [-0.25, -0.2) is 4.98 Å². The lowest BCUT2D eigenvalue weighted by molar-refractivity contribution is -0.124. The van der Waals surface area contributed by atoms with Crippen molar-refractivity contribution in [2.24, 2.45) is 5.73 Å². The maximum atomic E-state index is 11.5. The van der Waals surface area contributed by atoms with Crippen molar-refractivity contribution in [1.82, 2.24) is 10.3 Å². The molecule has 0 saturated heterocycles. The fourth-order valence-corrected chi connectivity index (χ4v) is 2.51. The zero-order valence-corrected chi connectivity index (χ0v) is 10.6. The quantitative estimate of drug-likeness (QED) is 0.714. The highest BCUT2D eigenvalue weighted by atomic mass is 32.2. The van der Waals surface area contributed by atoms with Gasteiger partial charge in [0, 0.05) is 11.8 Å². The molecule has 0 aromatic carbocycles. The Morgan fingerprint density at radius 1 is 1.76 bits per heavy atom. The minimum Gasteiger partial charge on any atom is -0.440 e. The molecule has 1 aromatic heterocycles. The number of aromatic nitrogens is 1. The SMILES string of the molecule is CC(CCSc1ncco1)(NC1CC1)C(N)=O. The maximum absolute atomic E-state index is 11.5. The number of nitrogens with zero attached hydrogens (tertiary/aromatic N) is 1. The van der Waals surface area contributed by atoms with Crippen LogP contribution in [-0.4, -0.2) is 28.2 Å². The van der Waals surface area contributed by atoms with E-state index in [4.69, 9.17) is 10.2 Å². The number of oxazole rings is 1. The van der Waals surface area contributed by atoms with E-state index >= 15 is 0 Å². The molecule has 5 nitrogen and oxygen atoms in total. The first-order chi connectivity index (χ1) is 8.10. The van der Waals surface area contributed by atoms with Gasteiger partial charge >= 0.3 is 0 Å². The molecule has 6 heteroatoms.